The van der Waals surface area contributed by atoms with Crippen LogP contribution in [-0.4, -0.2) is 62.3 Å². The van der Waals surface area contributed by atoms with E-state index in [-0.39, 0.29) is 22.2 Å². The number of nitrogens with zero attached hydrogens (tertiary/aromatic N) is 2. The van der Waals surface area contributed by atoms with Gasteiger partial charge >= 0.3 is 12.1 Å². The molecule has 0 saturated carbocycles. The van der Waals surface area contributed by atoms with Gasteiger partial charge in [0.25, 0.3) is 5.17 Å². The second-order valence-electron chi connectivity index (χ2n) is 4.71. The highest BCUT2D eigenvalue weighted by Crippen LogP contribution is 2.24. The van der Waals surface area contributed by atoms with Crippen molar-refractivity contribution in [3.8, 4) is 11.5 Å². The lowest BCUT2D eigenvalue weighted by Gasteiger charge is -2.16. The van der Waals surface area contributed by atoms with Gasteiger partial charge in [-0.15, -0.1) is 0 Å². The van der Waals surface area contributed by atoms with Crippen molar-refractivity contribution < 1.29 is 23.8 Å². The summed E-state index contributed by atoms with van der Waals surface area (Å²) < 4.78 is 15.2. The lowest BCUT2D eigenvalue weighted by atomic mass is 10.2. The molecule has 0 aliphatic heterocycles. The molecule has 0 aromatic heterocycles. The summed E-state index contributed by atoms with van der Waals surface area (Å²) in [5.41, 5.74) is 0.183. The van der Waals surface area contributed by atoms with Crippen LogP contribution in [0.3, 0.4) is 0 Å². The van der Waals surface area contributed by atoms with Crippen LogP contribution < -0.4 is 9.47 Å². The van der Waals surface area contributed by atoms with Gasteiger partial charge in [0.2, 0.25) is 0 Å². The summed E-state index contributed by atoms with van der Waals surface area (Å²) in [5, 5.41) is 0.201. The number of benzene rings is 1. The maximum absolute atomic E-state index is 11.7. The van der Waals surface area contributed by atoms with Crippen molar-refractivity contribution in [3.05, 3.63) is 23.8 Å². The lowest BCUT2D eigenvalue weighted by molar-refractivity contribution is 0.0599. The van der Waals surface area contributed by atoms with Gasteiger partial charge in [0, 0.05) is 34.3 Å². The van der Waals surface area contributed by atoms with E-state index in [9.17, 15) is 9.59 Å². The Morgan fingerprint density at radius 3 is 1.95 bits per heavy atom. The van der Waals surface area contributed by atoms with Crippen LogP contribution >= 0.6 is 12.2 Å². The fraction of sp³-hybridized carbons (Fsp3) is 0.357. The first-order valence-corrected chi connectivity index (χ1v) is 6.67. The van der Waals surface area contributed by atoms with Crippen molar-refractivity contribution in [2.24, 2.45) is 0 Å². The normalized spacial score (nSPS) is 9.68. The molecule has 0 N–H and O–H groups in total. The molecule has 1 rings (SSSR count). The molecular formula is C14H18N2O5S. The Labute approximate surface area is 134 Å². The number of hydrogen-bond donors (Lipinski definition) is 0. The standard InChI is InChI=1S/C14H18N2O5S/c1-15(2)13(18)20-10-6-9(12(17)19-5)7-11(8-10)21-14(22)16(3)4/h6-8H,1-5H3. The third-order valence-electron chi connectivity index (χ3n) is 2.44. The summed E-state index contributed by atoms with van der Waals surface area (Å²) in [6.07, 6.45) is -0.580. The quantitative estimate of drug-likeness (QED) is 0.619. The molecule has 7 nitrogen and oxygen atoms in total. The Morgan fingerprint density at radius 2 is 1.50 bits per heavy atom. The summed E-state index contributed by atoms with van der Waals surface area (Å²) >= 11 is 5.04. The van der Waals surface area contributed by atoms with Gasteiger partial charge in [-0.05, 0) is 24.4 Å². The fourth-order valence-electron chi connectivity index (χ4n) is 1.31. The number of rotatable bonds is 3. The summed E-state index contributed by atoms with van der Waals surface area (Å²) in [6.45, 7) is 0. The van der Waals surface area contributed by atoms with Crippen LogP contribution in [-0.2, 0) is 4.74 Å². The molecule has 0 atom stereocenters. The SMILES string of the molecule is COC(=O)c1cc(OC(=O)N(C)C)cc(OC(=S)N(C)C)c1. The smallest absolute Gasteiger partial charge is 0.414 e. The zero-order valence-electron chi connectivity index (χ0n) is 13.1. The molecule has 0 spiro atoms. The summed E-state index contributed by atoms with van der Waals surface area (Å²) in [4.78, 5) is 26.2. The van der Waals surface area contributed by atoms with E-state index in [1.807, 2.05) is 0 Å². The monoisotopic (exact) mass is 326 g/mol. The zero-order valence-corrected chi connectivity index (χ0v) is 13.9. The lowest BCUT2D eigenvalue weighted by Crippen LogP contribution is -2.26. The van der Waals surface area contributed by atoms with Gasteiger partial charge in [-0.2, -0.15) is 0 Å². The van der Waals surface area contributed by atoms with E-state index in [0.29, 0.717) is 0 Å². The fourth-order valence-corrected chi connectivity index (χ4v) is 1.41. The molecule has 0 bridgehead atoms. The van der Waals surface area contributed by atoms with Gasteiger partial charge in [-0.1, -0.05) is 0 Å². The third kappa shape index (κ3) is 4.88. The maximum Gasteiger partial charge on any atom is 0.414 e. The highest BCUT2D eigenvalue weighted by Gasteiger charge is 2.15. The van der Waals surface area contributed by atoms with E-state index in [2.05, 4.69) is 4.74 Å². The molecule has 8 heteroatoms. The van der Waals surface area contributed by atoms with Crippen molar-refractivity contribution in [1.82, 2.24) is 9.80 Å². The molecule has 1 aromatic rings. The third-order valence-corrected chi connectivity index (χ3v) is 2.89. The van der Waals surface area contributed by atoms with Gasteiger partial charge in [0.15, 0.2) is 0 Å². The van der Waals surface area contributed by atoms with E-state index in [1.54, 1.807) is 33.1 Å². The maximum atomic E-state index is 11.7. The van der Waals surface area contributed by atoms with E-state index < -0.39 is 12.1 Å². The van der Waals surface area contributed by atoms with Gasteiger partial charge in [0.1, 0.15) is 11.5 Å². The molecule has 1 amide bonds. The number of esters is 1. The molecule has 0 unspecified atom stereocenters. The van der Waals surface area contributed by atoms with Crippen LogP contribution in [0.25, 0.3) is 0 Å². The van der Waals surface area contributed by atoms with Gasteiger partial charge in [-0.3, -0.25) is 0 Å². The average molecular weight is 326 g/mol. The summed E-state index contributed by atoms with van der Waals surface area (Å²) in [6, 6.07) is 4.30. The van der Waals surface area contributed by atoms with Crippen LogP contribution in [0.4, 0.5) is 4.79 Å². The minimum absolute atomic E-state index is 0.151. The van der Waals surface area contributed by atoms with E-state index in [4.69, 9.17) is 21.7 Å². The van der Waals surface area contributed by atoms with Crippen LogP contribution in [0.2, 0.25) is 0 Å². The molecule has 1 aromatic carbocycles. The van der Waals surface area contributed by atoms with Crippen LogP contribution in [0.5, 0.6) is 11.5 Å². The van der Waals surface area contributed by atoms with E-state index in [0.717, 1.165) is 0 Å². The first kappa shape index (κ1) is 17.7. The largest absolute Gasteiger partial charge is 0.465 e. The van der Waals surface area contributed by atoms with Crippen molar-refractivity contribution in [2.45, 2.75) is 0 Å². The molecule has 120 valence electrons. The Kier molecular flexibility index (Phi) is 6.11. The van der Waals surface area contributed by atoms with Crippen LogP contribution in [0.15, 0.2) is 18.2 Å². The molecule has 0 saturated heterocycles. The molecule has 0 heterocycles. The number of thiocarbonyl (C=S) groups is 1. The Balaban J connectivity index is 3.13. The summed E-state index contributed by atoms with van der Waals surface area (Å²) in [7, 11) is 7.79. The molecule has 0 aliphatic carbocycles. The second-order valence-corrected chi connectivity index (χ2v) is 5.06. The van der Waals surface area contributed by atoms with E-state index >= 15 is 0 Å². The number of ether oxygens (including phenoxy) is 3. The molecular weight excluding hydrogens is 308 g/mol. The average Bonchev–Trinajstić information content (AvgIpc) is 2.45. The van der Waals surface area contributed by atoms with Crippen molar-refractivity contribution in [1.29, 1.82) is 0 Å². The topological polar surface area (TPSA) is 68.3 Å². The van der Waals surface area contributed by atoms with E-state index in [1.165, 1.54) is 30.2 Å². The minimum Gasteiger partial charge on any atom is -0.465 e. The van der Waals surface area contributed by atoms with Gasteiger partial charge in [-0.25, -0.2) is 9.59 Å². The highest BCUT2D eigenvalue weighted by atomic mass is 32.1. The zero-order chi connectivity index (χ0) is 16.9. The highest BCUT2D eigenvalue weighted by molar-refractivity contribution is 7.80. The summed E-state index contributed by atoms with van der Waals surface area (Å²) in [5.74, 6) is -0.162. The Hall–Kier alpha value is -2.35. The minimum atomic E-state index is -0.580. The molecule has 0 radical (unpaired) electrons. The number of methoxy groups -OCH3 is 1. The van der Waals surface area contributed by atoms with Crippen molar-refractivity contribution in [3.63, 3.8) is 0 Å². The van der Waals surface area contributed by atoms with Gasteiger partial charge in [0.05, 0.1) is 12.7 Å². The Bertz CT molecular complexity index is 546. The molecule has 22 heavy (non-hydrogen) atoms. The van der Waals surface area contributed by atoms with Gasteiger partial charge < -0.3 is 24.0 Å². The predicted octanol–water partition coefficient (Wildman–Crippen LogP) is 1.76. The first-order chi connectivity index (χ1) is 10.2. The molecule has 0 fully saturated rings. The number of carbonyl (C=O) groups excluding carboxylic acids is 2. The predicted molar refractivity (Wildman–Crippen MR) is 84.4 cm³/mol. The van der Waals surface area contributed by atoms with Crippen molar-refractivity contribution in [2.75, 3.05) is 35.3 Å². The second kappa shape index (κ2) is 7.60. The van der Waals surface area contributed by atoms with Crippen LogP contribution in [0.1, 0.15) is 10.4 Å². The first-order valence-electron chi connectivity index (χ1n) is 6.26. The van der Waals surface area contributed by atoms with Crippen LogP contribution in [0, 0.1) is 0 Å². The van der Waals surface area contributed by atoms with Crippen molar-refractivity contribution >= 4 is 29.5 Å². The number of amides is 1. The number of carbonyl (C=O) groups is 2. The molecule has 0 aliphatic rings. The Morgan fingerprint density at radius 1 is 0.955 bits per heavy atom. The number of hydrogen-bond acceptors (Lipinski definition) is 6.